The maximum atomic E-state index is 11.1. The van der Waals surface area contributed by atoms with Crippen LogP contribution in [0.3, 0.4) is 0 Å². The van der Waals surface area contributed by atoms with E-state index in [0.717, 1.165) is 0 Å². The number of benzene rings is 1. The third-order valence-corrected chi connectivity index (χ3v) is 1.93. The summed E-state index contributed by atoms with van der Waals surface area (Å²) in [4.78, 5) is 14.9. The molecule has 1 aromatic rings. The van der Waals surface area contributed by atoms with Crippen LogP contribution in [0.15, 0.2) is 29.3 Å². The number of rotatable bonds is 3. The van der Waals surface area contributed by atoms with Crippen molar-refractivity contribution in [1.82, 2.24) is 0 Å². The lowest BCUT2D eigenvalue weighted by atomic mass is 10.0. The maximum absolute atomic E-state index is 11.1. The van der Waals surface area contributed by atoms with Crippen molar-refractivity contribution in [2.75, 3.05) is 0 Å². The third-order valence-electron chi connectivity index (χ3n) is 1.93. The number of nitrogens with zero attached hydrogens (tertiary/aromatic N) is 1. The van der Waals surface area contributed by atoms with Crippen LogP contribution in [0, 0.1) is 0 Å². The van der Waals surface area contributed by atoms with Gasteiger partial charge < -0.3 is 17.2 Å². The minimum Gasteiger partial charge on any atom is -0.370 e. The number of hydrogen-bond donors (Lipinski definition) is 3. The molecule has 0 bridgehead atoms. The molecule has 0 fully saturated rings. The van der Waals surface area contributed by atoms with Gasteiger partial charge >= 0.3 is 0 Å². The molecule has 0 spiro atoms. The lowest BCUT2D eigenvalue weighted by molar-refractivity contribution is -0.118. The van der Waals surface area contributed by atoms with E-state index in [-0.39, 0.29) is 11.7 Å². The average Bonchev–Trinajstić information content (AvgIpc) is 2.30. The summed E-state index contributed by atoms with van der Waals surface area (Å²) in [7, 11) is 0. The summed E-state index contributed by atoms with van der Waals surface area (Å²) >= 11 is 0. The van der Waals surface area contributed by atoms with Crippen molar-refractivity contribution in [1.29, 1.82) is 0 Å². The lowest BCUT2D eigenvalue weighted by Crippen LogP contribution is -2.22. The normalized spacial score (nSPS) is 10.8. The molecule has 1 atom stereocenters. The van der Waals surface area contributed by atoms with Crippen LogP contribution in [0.25, 0.3) is 0 Å². The molecule has 0 radical (unpaired) electrons. The van der Waals surface area contributed by atoms with Crippen LogP contribution in [0.1, 0.15) is 32.4 Å². The van der Waals surface area contributed by atoms with Gasteiger partial charge in [-0.05, 0) is 24.6 Å². The first-order chi connectivity index (χ1) is 8.00. The minimum absolute atomic E-state index is 0.0245. The predicted octanol–water partition coefficient (Wildman–Crippen LogP) is 1.21. The Morgan fingerprint density at radius 2 is 1.88 bits per heavy atom. The maximum Gasteiger partial charge on any atom is 0.191 e. The predicted molar refractivity (Wildman–Crippen MR) is 70.9 cm³/mol. The van der Waals surface area contributed by atoms with Crippen molar-refractivity contribution in [2.45, 2.75) is 26.8 Å². The quantitative estimate of drug-likeness (QED) is 0.541. The van der Waals surface area contributed by atoms with Gasteiger partial charge in [-0.25, -0.2) is 4.99 Å². The second kappa shape index (κ2) is 7.40. The Labute approximate surface area is 102 Å². The Hall–Kier alpha value is -1.88. The number of aliphatic imine (C=N–C) groups is 1. The van der Waals surface area contributed by atoms with Gasteiger partial charge in [-0.3, -0.25) is 4.79 Å². The Kier molecular flexibility index (Phi) is 6.58. The smallest absolute Gasteiger partial charge is 0.191 e. The highest BCUT2D eigenvalue weighted by atomic mass is 16.1. The van der Waals surface area contributed by atoms with E-state index < -0.39 is 6.04 Å². The first kappa shape index (κ1) is 15.1. The number of Topliss-reactive ketones (excluding diaryl/α,β-unsaturated/α-hetero) is 1. The molecule has 1 rings (SSSR count). The van der Waals surface area contributed by atoms with Crippen LogP contribution in [0.5, 0.6) is 0 Å². The zero-order valence-electron chi connectivity index (χ0n) is 10.5. The molecule has 0 heterocycles. The van der Waals surface area contributed by atoms with Crippen LogP contribution in [-0.2, 0) is 4.79 Å². The summed E-state index contributed by atoms with van der Waals surface area (Å²) in [5.41, 5.74) is 17.4. The van der Waals surface area contributed by atoms with E-state index in [4.69, 9.17) is 17.2 Å². The number of nitrogens with two attached hydrogens (primary N) is 3. The van der Waals surface area contributed by atoms with Crippen LogP contribution < -0.4 is 17.2 Å². The largest absolute Gasteiger partial charge is 0.370 e. The van der Waals surface area contributed by atoms with Crippen LogP contribution >= 0.6 is 0 Å². The first-order valence-electron chi connectivity index (χ1n) is 5.46. The van der Waals surface area contributed by atoms with Gasteiger partial charge in [0.15, 0.2) is 11.7 Å². The Bertz CT molecular complexity index is 397. The fraction of sp³-hybridized carbons (Fsp3) is 0.333. The molecule has 17 heavy (non-hydrogen) atoms. The summed E-state index contributed by atoms with van der Waals surface area (Å²) < 4.78 is 0. The number of carbonyl (C=O) groups is 1. The van der Waals surface area contributed by atoms with E-state index in [1.165, 1.54) is 6.92 Å². The summed E-state index contributed by atoms with van der Waals surface area (Å²) in [6.45, 7) is 5.44. The van der Waals surface area contributed by atoms with Gasteiger partial charge in [-0.1, -0.05) is 26.0 Å². The van der Waals surface area contributed by atoms with Crippen molar-refractivity contribution in [3.8, 4) is 0 Å². The number of guanidine groups is 1. The van der Waals surface area contributed by atoms with Crippen LogP contribution in [-0.4, -0.2) is 11.7 Å². The van der Waals surface area contributed by atoms with Crippen molar-refractivity contribution >= 4 is 17.4 Å². The average molecular weight is 236 g/mol. The molecule has 0 aliphatic rings. The lowest BCUT2D eigenvalue weighted by Gasteiger charge is -2.08. The molecule has 5 nitrogen and oxygen atoms in total. The monoisotopic (exact) mass is 236 g/mol. The minimum atomic E-state index is -0.626. The molecule has 0 saturated heterocycles. The zero-order valence-corrected chi connectivity index (χ0v) is 10.5. The van der Waals surface area contributed by atoms with E-state index in [9.17, 15) is 4.79 Å². The third kappa shape index (κ3) is 5.12. The summed E-state index contributed by atoms with van der Waals surface area (Å²) in [6, 6.07) is 6.30. The second-order valence-electron chi connectivity index (χ2n) is 3.22. The summed E-state index contributed by atoms with van der Waals surface area (Å²) in [6.07, 6.45) is 0. The summed E-state index contributed by atoms with van der Waals surface area (Å²) in [5.74, 6) is -0.125. The van der Waals surface area contributed by atoms with Crippen molar-refractivity contribution < 1.29 is 4.79 Å². The van der Waals surface area contributed by atoms with Gasteiger partial charge in [0.25, 0.3) is 0 Å². The second-order valence-corrected chi connectivity index (χ2v) is 3.22. The Morgan fingerprint density at radius 1 is 1.29 bits per heavy atom. The molecule has 0 aliphatic carbocycles. The van der Waals surface area contributed by atoms with Crippen molar-refractivity contribution in [2.24, 2.45) is 22.2 Å². The SMILES string of the molecule is CC.CC(=O)C(N)c1cccc(N=C(N)N)c1. The summed E-state index contributed by atoms with van der Waals surface area (Å²) in [5, 5.41) is 0. The Balaban J connectivity index is 0.00000121. The van der Waals surface area contributed by atoms with Gasteiger partial charge in [-0.2, -0.15) is 0 Å². The van der Waals surface area contributed by atoms with Crippen LogP contribution in [0.4, 0.5) is 5.69 Å². The van der Waals surface area contributed by atoms with E-state index in [0.29, 0.717) is 11.3 Å². The molecule has 5 heteroatoms. The van der Waals surface area contributed by atoms with Crippen molar-refractivity contribution in [3.05, 3.63) is 29.8 Å². The molecule has 0 saturated carbocycles. The molecule has 1 aromatic carbocycles. The molecule has 6 N–H and O–H groups in total. The Morgan fingerprint density at radius 3 is 2.35 bits per heavy atom. The van der Waals surface area contributed by atoms with Crippen LogP contribution in [0.2, 0.25) is 0 Å². The topological polar surface area (TPSA) is 107 Å². The van der Waals surface area contributed by atoms with E-state index in [2.05, 4.69) is 4.99 Å². The van der Waals surface area contributed by atoms with Crippen molar-refractivity contribution in [3.63, 3.8) is 0 Å². The van der Waals surface area contributed by atoms with Gasteiger partial charge in [0.1, 0.15) is 0 Å². The van der Waals surface area contributed by atoms with Gasteiger partial charge in [-0.15, -0.1) is 0 Å². The van der Waals surface area contributed by atoms with Gasteiger partial charge in [0, 0.05) is 0 Å². The molecule has 94 valence electrons. The standard InChI is InChI=1S/C10H14N4O.C2H6/c1-6(15)9(11)7-3-2-4-8(5-7)14-10(12)13;1-2/h2-5,9H,11H2,1H3,(H4,12,13,14);1-2H3. The highest BCUT2D eigenvalue weighted by Crippen LogP contribution is 2.18. The van der Waals surface area contributed by atoms with Gasteiger partial charge in [0.05, 0.1) is 11.7 Å². The number of carbonyl (C=O) groups excluding carboxylic acids is 1. The first-order valence-corrected chi connectivity index (χ1v) is 5.46. The fourth-order valence-electron chi connectivity index (χ4n) is 1.17. The highest BCUT2D eigenvalue weighted by Gasteiger charge is 2.10. The molecule has 0 aromatic heterocycles. The highest BCUT2D eigenvalue weighted by molar-refractivity contribution is 5.83. The zero-order chi connectivity index (χ0) is 13.4. The van der Waals surface area contributed by atoms with E-state index in [1.54, 1.807) is 24.3 Å². The number of ketones is 1. The van der Waals surface area contributed by atoms with E-state index >= 15 is 0 Å². The van der Waals surface area contributed by atoms with Gasteiger partial charge in [0.2, 0.25) is 0 Å². The fourth-order valence-corrected chi connectivity index (χ4v) is 1.17. The molecular weight excluding hydrogens is 216 g/mol. The van der Waals surface area contributed by atoms with E-state index in [1.807, 2.05) is 13.8 Å². The molecular formula is C12H20N4O. The molecule has 0 aliphatic heterocycles. The molecule has 0 amide bonds. The number of hydrogen-bond acceptors (Lipinski definition) is 3. The molecule has 1 unspecified atom stereocenters.